The molecule has 0 aliphatic heterocycles. The van der Waals surface area contributed by atoms with E-state index in [0.717, 1.165) is 10.6 Å². The normalized spacial score (nSPS) is 12.2. The number of thioether (sulfide) groups is 1. The number of hydrogen-bond donors (Lipinski definition) is 2. The summed E-state index contributed by atoms with van der Waals surface area (Å²) in [6.45, 7) is 2.17. The maximum absolute atomic E-state index is 8.98. The van der Waals surface area contributed by atoms with Crippen molar-refractivity contribution in [3.05, 3.63) is 12.1 Å². The second-order valence-electron chi connectivity index (χ2n) is 3.84. The summed E-state index contributed by atoms with van der Waals surface area (Å²) in [5.74, 6) is 2.36. The number of anilines is 1. The third kappa shape index (κ3) is 3.71. The summed E-state index contributed by atoms with van der Waals surface area (Å²) < 4.78 is 10.4. The van der Waals surface area contributed by atoms with E-state index in [-0.39, 0.29) is 12.5 Å². The number of hydrogen-bond acceptors (Lipinski definition) is 5. The van der Waals surface area contributed by atoms with Gasteiger partial charge in [-0.3, -0.25) is 0 Å². The van der Waals surface area contributed by atoms with Crippen LogP contribution in [0.2, 0.25) is 0 Å². The number of aliphatic hydroxyl groups is 1. The Morgan fingerprint density at radius 2 is 1.88 bits per heavy atom. The highest BCUT2D eigenvalue weighted by Gasteiger charge is 2.10. The average Bonchev–Trinajstić information content (AvgIpc) is 2.36. The van der Waals surface area contributed by atoms with Gasteiger partial charge < -0.3 is 20.3 Å². The van der Waals surface area contributed by atoms with Crippen LogP contribution in [-0.2, 0) is 0 Å². The Morgan fingerprint density at radius 3 is 2.41 bits per heavy atom. The predicted octanol–water partition coefficient (Wildman–Crippen LogP) is 2.01. The van der Waals surface area contributed by atoms with Gasteiger partial charge in [0, 0.05) is 29.0 Å². The molecule has 0 spiro atoms. The van der Waals surface area contributed by atoms with Crippen LogP contribution in [0.5, 0.6) is 11.5 Å². The predicted molar refractivity (Wildman–Crippen MR) is 70.9 cm³/mol. The fourth-order valence-electron chi connectivity index (χ4n) is 1.29. The lowest BCUT2D eigenvalue weighted by atomic mass is 10.2. The summed E-state index contributed by atoms with van der Waals surface area (Å²) in [4.78, 5) is 0.947. The highest BCUT2D eigenvalue weighted by molar-refractivity contribution is 7.99. The molecule has 0 heterocycles. The number of nitrogens with two attached hydrogens (primary N) is 1. The van der Waals surface area contributed by atoms with Gasteiger partial charge in [-0.25, -0.2) is 0 Å². The largest absolute Gasteiger partial charge is 0.493 e. The molecular formula is C12H19NO3S. The fourth-order valence-corrected chi connectivity index (χ4v) is 2.27. The molecule has 0 amide bonds. The molecule has 0 aromatic heterocycles. The van der Waals surface area contributed by atoms with Gasteiger partial charge in [-0.15, -0.1) is 11.8 Å². The molecule has 4 nitrogen and oxygen atoms in total. The van der Waals surface area contributed by atoms with E-state index in [9.17, 15) is 0 Å². The standard InChI is InChI=1S/C12H19NO3S/c1-8(6-14)7-17-12-5-11(16-3)10(15-2)4-9(12)13/h4-5,8,14H,6-7,13H2,1-3H3. The van der Waals surface area contributed by atoms with Crippen LogP contribution in [0, 0.1) is 5.92 Å². The molecule has 1 aromatic rings. The third-order valence-corrected chi connectivity index (χ3v) is 3.75. The van der Waals surface area contributed by atoms with Crippen molar-refractivity contribution in [2.45, 2.75) is 11.8 Å². The molecule has 0 radical (unpaired) electrons. The molecule has 1 unspecified atom stereocenters. The summed E-state index contributed by atoms with van der Waals surface area (Å²) in [6, 6.07) is 3.62. The molecule has 0 fully saturated rings. The number of methoxy groups -OCH3 is 2. The van der Waals surface area contributed by atoms with Gasteiger partial charge in [0.2, 0.25) is 0 Å². The maximum Gasteiger partial charge on any atom is 0.162 e. The van der Waals surface area contributed by atoms with Crippen LogP contribution in [0.1, 0.15) is 6.92 Å². The minimum absolute atomic E-state index is 0.181. The Morgan fingerprint density at radius 1 is 1.29 bits per heavy atom. The zero-order chi connectivity index (χ0) is 12.8. The lowest BCUT2D eigenvalue weighted by Gasteiger charge is -2.13. The highest BCUT2D eigenvalue weighted by atomic mass is 32.2. The monoisotopic (exact) mass is 257 g/mol. The summed E-state index contributed by atoms with van der Waals surface area (Å²) in [5.41, 5.74) is 6.59. The molecule has 1 atom stereocenters. The van der Waals surface area contributed by atoms with Crippen molar-refractivity contribution in [2.75, 3.05) is 32.3 Å². The van der Waals surface area contributed by atoms with Gasteiger partial charge in [0.15, 0.2) is 11.5 Å². The van der Waals surface area contributed by atoms with Gasteiger partial charge in [-0.2, -0.15) is 0 Å². The molecule has 0 bridgehead atoms. The first kappa shape index (κ1) is 14.0. The maximum atomic E-state index is 8.98. The van der Waals surface area contributed by atoms with Gasteiger partial charge in [-0.05, 0) is 12.0 Å². The number of aliphatic hydroxyl groups excluding tert-OH is 1. The first-order chi connectivity index (χ1) is 8.12. The molecule has 0 saturated carbocycles. The van der Waals surface area contributed by atoms with Crippen LogP contribution in [0.3, 0.4) is 0 Å². The third-order valence-electron chi connectivity index (χ3n) is 2.35. The van der Waals surface area contributed by atoms with E-state index in [1.54, 1.807) is 32.0 Å². The Hall–Kier alpha value is -1.07. The smallest absolute Gasteiger partial charge is 0.162 e. The molecule has 5 heteroatoms. The number of benzene rings is 1. The molecule has 0 aliphatic carbocycles. The zero-order valence-corrected chi connectivity index (χ0v) is 11.2. The van der Waals surface area contributed by atoms with Crippen molar-refractivity contribution < 1.29 is 14.6 Å². The summed E-state index contributed by atoms with van der Waals surface area (Å²) in [7, 11) is 3.18. The van der Waals surface area contributed by atoms with Gasteiger partial charge in [0.1, 0.15) is 0 Å². The zero-order valence-electron chi connectivity index (χ0n) is 10.4. The van der Waals surface area contributed by atoms with Gasteiger partial charge in [-0.1, -0.05) is 6.92 Å². The summed E-state index contributed by atoms with van der Waals surface area (Å²) >= 11 is 1.61. The highest BCUT2D eigenvalue weighted by Crippen LogP contribution is 2.37. The number of nitrogen functional groups attached to an aromatic ring is 1. The Labute approximate surface area is 106 Å². The molecule has 1 aromatic carbocycles. The van der Waals surface area contributed by atoms with Crippen LogP contribution >= 0.6 is 11.8 Å². The minimum atomic E-state index is 0.181. The van der Waals surface area contributed by atoms with E-state index in [0.29, 0.717) is 17.2 Å². The SMILES string of the molecule is COc1cc(N)c(SCC(C)CO)cc1OC. The van der Waals surface area contributed by atoms with E-state index in [2.05, 4.69) is 0 Å². The van der Waals surface area contributed by atoms with Gasteiger partial charge >= 0.3 is 0 Å². The van der Waals surface area contributed by atoms with Crippen molar-refractivity contribution in [3.8, 4) is 11.5 Å². The van der Waals surface area contributed by atoms with E-state index >= 15 is 0 Å². The molecule has 1 rings (SSSR count). The average molecular weight is 257 g/mol. The lowest BCUT2D eigenvalue weighted by Crippen LogP contribution is -2.04. The quantitative estimate of drug-likeness (QED) is 0.603. The minimum Gasteiger partial charge on any atom is -0.493 e. The first-order valence-corrected chi connectivity index (χ1v) is 6.36. The number of rotatable bonds is 6. The lowest BCUT2D eigenvalue weighted by molar-refractivity contribution is 0.250. The first-order valence-electron chi connectivity index (χ1n) is 5.37. The molecule has 96 valence electrons. The van der Waals surface area contributed by atoms with Crippen LogP contribution < -0.4 is 15.2 Å². The van der Waals surface area contributed by atoms with Crippen LogP contribution in [-0.4, -0.2) is 31.7 Å². The fraction of sp³-hybridized carbons (Fsp3) is 0.500. The van der Waals surface area contributed by atoms with Crippen LogP contribution in [0.25, 0.3) is 0 Å². The van der Waals surface area contributed by atoms with Crippen molar-refractivity contribution >= 4 is 17.4 Å². The Kier molecular flexibility index (Phi) is 5.44. The second-order valence-corrected chi connectivity index (χ2v) is 4.91. The molecular weight excluding hydrogens is 238 g/mol. The van der Waals surface area contributed by atoms with E-state index in [1.807, 2.05) is 13.0 Å². The topological polar surface area (TPSA) is 64.7 Å². The van der Waals surface area contributed by atoms with Crippen LogP contribution in [0.4, 0.5) is 5.69 Å². The van der Waals surface area contributed by atoms with Crippen molar-refractivity contribution in [3.63, 3.8) is 0 Å². The van der Waals surface area contributed by atoms with E-state index in [1.165, 1.54) is 0 Å². The van der Waals surface area contributed by atoms with Crippen molar-refractivity contribution in [2.24, 2.45) is 5.92 Å². The number of ether oxygens (including phenoxy) is 2. The second kappa shape index (κ2) is 6.61. The van der Waals surface area contributed by atoms with Crippen molar-refractivity contribution in [1.82, 2.24) is 0 Å². The molecule has 0 saturated heterocycles. The molecule has 17 heavy (non-hydrogen) atoms. The van der Waals surface area contributed by atoms with E-state index in [4.69, 9.17) is 20.3 Å². The van der Waals surface area contributed by atoms with Gasteiger partial charge in [0.05, 0.1) is 14.2 Å². The molecule has 0 aliphatic rings. The summed E-state index contributed by atoms with van der Waals surface area (Å²) in [5, 5.41) is 8.98. The van der Waals surface area contributed by atoms with E-state index < -0.39 is 0 Å². The molecule has 3 N–H and O–H groups in total. The van der Waals surface area contributed by atoms with Gasteiger partial charge in [0.25, 0.3) is 0 Å². The Balaban J connectivity index is 2.85. The summed E-state index contributed by atoms with van der Waals surface area (Å²) in [6.07, 6.45) is 0. The Bertz CT molecular complexity index is 371. The van der Waals surface area contributed by atoms with Crippen molar-refractivity contribution in [1.29, 1.82) is 0 Å². The van der Waals surface area contributed by atoms with Crippen LogP contribution in [0.15, 0.2) is 17.0 Å².